The van der Waals surface area contributed by atoms with Crippen molar-refractivity contribution in [3.63, 3.8) is 0 Å². The van der Waals surface area contributed by atoms with Crippen LogP contribution in [0.15, 0.2) is 59.8 Å². The molecule has 5 rings (SSSR count). The number of nitrogens with one attached hydrogen (secondary N) is 1. The fourth-order valence-electron chi connectivity index (χ4n) is 4.76. The molecule has 2 aliphatic rings. The molecule has 3 aromatic rings. The third-order valence-electron chi connectivity index (χ3n) is 6.67. The normalized spacial score (nSPS) is 19.0. The SMILES string of the molecule is CC(Sc1nnc(N2CCCCC2)n1CC1CCCO1)C(=O)Nc1ccccc1-c1ccccc1. The molecule has 2 unspecified atom stereocenters. The summed E-state index contributed by atoms with van der Waals surface area (Å²) in [7, 11) is 0. The van der Waals surface area contributed by atoms with Gasteiger partial charge in [0.1, 0.15) is 0 Å². The van der Waals surface area contributed by atoms with Crippen molar-refractivity contribution in [3.05, 3.63) is 54.6 Å². The third-order valence-corrected chi connectivity index (χ3v) is 7.75. The number of carbonyl (C=O) groups is 1. The lowest BCUT2D eigenvalue weighted by Crippen LogP contribution is -2.33. The number of rotatable bonds is 8. The molecule has 7 nitrogen and oxygen atoms in total. The topological polar surface area (TPSA) is 72.3 Å². The Morgan fingerprint density at radius 2 is 1.83 bits per heavy atom. The molecule has 0 radical (unpaired) electrons. The van der Waals surface area contributed by atoms with Crippen LogP contribution in [0.2, 0.25) is 0 Å². The number of carbonyl (C=O) groups excluding carboxylic acids is 1. The lowest BCUT2D eigenvalue weighted by Gasteiger charge is -2.28. The Kier molecular flexibility index (Phi) is 7.69. The fourth-order valence-corrected chi connectivity index (χ4v) is 5.61. The Labute approximate surface area is 211 Å². The van der Waals surface area contributed by atoms with Gasteiger partial charge in [-0.25, -0.2) is 0 Å². The summed E-state index contributed by atoms with van der Waals surface area (Å²) in [4.78, 5) is 15.6. The molecule has 0 spiro atoms. The first kappa shape index (κ1) is 23.9. The number of para-hydroxylation sites is 1. The first-order valence-corrected chi connectivity index (χ1v) is 13.5. The van der Waals surface area contributed by atoms with Crippen LogP contribution < -0.4 is 10.2 Å². The molecule has 184 valence electrons. The van der Waals surface area contributed by atoms with Crippen LogP contribution in [0.1, 0.15) is 39.0 Å². The quantitative estimate of drug-likeness (QED) is 0.435. The molecule has 1 amide bonds. The van der Waals surface area contributed by atoms with E-state index in [-0.39, 0.29) is 17.3 Å². The molecule has 35 heavy (non-hydrogen) atoms. The van der Waals surface area contributed by atoms with Crippen molar-refractivity contribution in [2.24, 2.45) is 0 Å². The largest absolute Gasteiger partial charge is 0.376 e. The number of aromatic nitrogens is 3. The lowest BCUT2D eigenvalue weighted by molar-refractivity contribution is -0.115. The van der Waals surface area contributed by atoms with Gasteiger partial charge < -0.3 is 15.0 Å². The van der Waals surface area contributed by atoms with E-state index in [1.54, 1.807) is 0 Å². The molecule has 2 aromatic carbocycles. The molecule has 3 heterocycles. The number of thioether (sulfide) groups is 1. The highest BCUT2D eigenvalue weighted by Crippen LogP contribution is 2.31. The Morgan fingerprint density at radius 3 is 2.60 bits per heavy atom. The first-order valence-electron chi connectivity index (χ1n) is 12.6. The van der Waals surface area contributed by atoms with Crippen molar-refractivity contribution in [2.75, 3.05) is 29.9 Å². The standard InChI is InChI=1S/C27H33N5O2S/c1-20(25(33)28-24-15-7-6-14-23(24)21-11-4-2-5-12-21)35-27-30-29-26(31-16-8-3-9-17-31)32(27)19-22-13-10-18-34-22/h2,4-7,11-12,14-15,20,22H,3,8-10,13,16-19H2,1H3,(H,28,33). The lowest BCUT2D eigenvalue weighted by atomic mass is 10.0. The van der Waals surface area contributed by atoms with Crippen molar-refractivity contribution >= 4 is 29.3 Å². The Hall–Kier alpha value is -2.84. The molecule has 2 fully saturated rings. The van der Waals surface area contributed by atoms with Crippen LogP contribution >= 0.6 is 11.8 Å². The van der Waals surface area contributed by atoms with Gasteiger partial charge in [-0.3, -0.25) is 9.36 Å². The molecule has 2 atom stereocenters. The monoisotopic (exact) mass is 491 g/mol. The second-order valence-electron chi connectivity index (χ2n) is 9.24. The number of hydrogen-bond donors (Lipinski definition) is 1. The van der Waals surface area contributed by atoms with E-state index in [4.69, 9.17) is 4.74 Å². The molecule has 2 saturated heterocycles. The predicted octanol–water partition coefficient (Wildman–Crippen LogP) is 5.23. The maximum Gasteiger partial charge on any atom is 0.237 e. The molecule has 2 aliphatic heterocycles. The molecular formula is C27H33N5O2S. The minimum Gasteiger partial charge on any atom is -0.376 e. The van der Waals surface area contributed by atoms with Gasteiger partial charge in [0.25, 0.3) is 0 Å². The second kappa shape index (κ2) is 11.3. The molecule has 1 N–H and O–H groups in total. The molecule has 0 saturated carbocycles. The fraction of sp³-hybridized carbons (Fsp3) is 0.444. The summed E-state index contributed by atoms with van der Waals surface area (Å²) in [6, 6.07) is 18.0. The molecule has 1 aromatic heterocycles. The van der Waals surface area contributed by atoms with Crippen molar-refractivity contribution in [1.82, 2.24) is 14.8 Å². The number of nitrogens with zero attached hydrogens (tertiary/aromatic N) is 4. The van der Waals surface area contributed by atoms with Crippen molar-refractivity contribution in [1.29, 1.82) is 0 Å². The summed E-state index contributed by atoms with van der Waals surface area (Å²) in [5, 5.41) is 12.7. The number of amides is 1. The maximum atomic E-state index is 13.2. The Morgan fingerprint density at radius 1 is 1.06 bits per heavy atom. The summed E-state index contributed by atoms with van der Waals surface area (Å²) in [5.74, 6) is 0.856. The van der Waals surface area contributed by atoms with Gasteiger partial charge in [0.05, 0.1) is 17.9 Å². The van der Waals surface area contributed by atoms with Crippen molar-refractivity contribution in [3.8, 4) is 11.1 Å². The van der Waals surface area contributed by atoms with Gasteiger partial charge in [0, 0.05) is 30.9 Å². The number of piperidine rings is 1. The van der Waals surface area contributed by atoms with E-state index >= 15 is 0 Å². The minimum absolute atomic E-state index is 0.0513. The summed E-state index contributed by atoms with van der Waals surface area (Å²) in [6.07, 6.45) is 5.93. The van der Waals surface area contributed by atoms with Gasteiger partial charge in [-0.15, -0.1) is 10.2 Å². The summed E-state index contributed by atoms with van der Waals surface area (Å²) in [5.41, 5.74) is 2.89. The zero-order chi connectivity index (χ0) is 24.0. The highest BCUT2D eigenvalue weighted by molar-refractivity contribution is 8.00. The Balaban J connectivity index is 1.33. The van der Waals surface area contributed by atoms with Crippen molar-refractivity contribution in [2.45, 2.75) is 62.1 Å². The van der Waals surface area contributed by atoms with Gasteiger partial charge in [-0.05, 0) is 50.7 Å². The number of ether oxygens (including phenoxy) is 1. The van der Waals surface area contributed by atoms with Gasteiger partial charge in [-0.2, -0.15) is 0 Å². The predicted molar refractivity (Wildman–Crippen MR) is 141 cm³/mol. The molecule has 8 heteroatoms. The van der Waals surface area contributed by atoms with Crippen LogP contribution in [-0.2, 0) is 16.1 Å². The van der Waals surface area contributed by atoms with Crippen LogP contribution in [0.5, 0.6) is 0 Å². The average Bonchev–Trinajstić information content (AvgIpc) is 3.56. The van der Waals surface area contributed by atoms with E-state index in [1.165, 1.54) is 31.0 Å². The van der Waals surface area contributed by atoms with E-state index in [2.05, 4.69) is 37.1 Å². The van der Waals surface area contributed by atoms with E-state index in [1.807, 2.05) is 49.4 Å². The average molecular weight is 492 g/mol. The zero-order valence-corrected chi connectivity index (χ0v) is 21.0. The van der Waals surface area contributed by atoms with E-state index in [9.17, 15) is 4.79 Å². The van der Waals surface area contributed by atoms with Gasteiger partial charge >= 0.3 is 0 Å². The van der Waals surface area contributed by atoms with Crippen LogP contribution in [0.3, 0.4) is 0 Å². The second-order valence-corrected chi connectivity index (χ2v) is 10.5. The van der Waals surface area contributed by atoms with E-state index < -0.39 is 0 Å². The zero-order valence-electron chi connectivity index (χ0n) is 20.2. The van der Waals surface area contributed by atoms with Gasteiger partial charge in [0.15, 0.2) is 5.16 Å². The van der Waals surface area contributed by atoms with E-state index in [0.29, 0.717) is 0 Å². The van der Waals surface area contributed by atoms with Crippen LogP contribution in [-0.4, -0.2) is 51.7 Å². The molecule has 0 aliphatic carbocycles. The summed E-state index contributed by atoms with van der Waals surface area (Å²) < 4.78 is 8.10. The van der Waals surface area contributed by atoms with Crippen LogP contribution in [0, 0.1) is 0 Å². The summed E-state index contributed by atoms with van der Waals surface area (Å²) in [6.45, 7) is 5.47. The molecular weight excluding hydrogens is 458 g/mol. The van der Waals surface area contributed by atoms with Crippen LogP contribution in [0.25, 0.3) is 11.1 Å². The highest BCUT2D eigenvalue weighted by atomic mass is 32.2. The van der Waals surface area contributed by atoms with Crippen LogP contribution in [0.4, 0.5) is 11.6 Å². The third kappa shape index (κ3) is 5.70. The number of anilines is 2. The molecule has 0 bridgehead atoms. The van der Waals surface area contributed by atoms with Gasteiger partial charge in [-0.1, -0.05) is 60.3 Å². The maximum absolute atomic E-state index is 13.2. The smallest absolute Gasteiger partial charge is 0.237 e. The number of hydrogen-bond acceptors (Lipinski definition) is 6. The minimum atomic E-state index is -0.333. The van der Waals surface area contributed by atoms with E-state index in [0.717, 1.165) is 67.0 Å². The van der Waals surface area contributed by atoms with Crippen molar-refractivity contribution < 1.29 is 9.53 Å². The summed E-state index contributed by atoms with van der Waals surface area (Å²) >= 11 is 1.46. The first-order chi connectivity index (χ1) is 17.2. The highest BCUT2D eigenvalue weighted by Gasteiger charge is 2.27. The van der Waals surface area contributed by atoms with Gasteiger partial charge in [0.2, 0.25) is 11.9 Å². The Bertz CT molecular complexity index is 1120. The number of benzene rings is 2.